The maximum absolute atomic E-state index is 13.1. The second kappa shape index (κ2) is 4.99. The van der Waals surface area contributed by atoms with Crippen LogP contribution < -0.4 is 5.32 Å². The fourth-order valence-corrected chi connectivity index (χ4v) is 3.17. The first kappa shape index (κ1) is 12.3. The number of halogens is 2. The first-order valence-corrected chi connectivity index (χ1v) is 6.73. The van der Waals surface area contributed by atoms with Crippen LogP contribution in [0.1, 0.15) is 51.9 Å². The van der Waals surface area contributed by atoms with Crippen molar-refractivity contribution in [3.63, 3.8) is 0 Å². The highest BCUT2D eigenvalue weighted by molar-refractivity contribution is 4.91. The third-order valence-corrected chi connectivity index (χ3v) is 4.37. The first-order chi connectivity index (χ1) is 7.62. The Morgan fingerprint density at radius 1 is 1.12 bits per heavy atom. The van der Waals surface area contributed by atoms with Gasteiger partial charge in [-0.25, -0.2) is 8.78 Å². The molecule has 2 aliphatic rings. The molecular formula is C13H23F2N. The molecule has 2 rings (SSSR count). The van der Waals surface area contributed by atoms with Gasteiger partial charge in [0.15, 0.2) is 0 Å². The van der Waals surface area contributed by atoms with Crippen LogP contribution in [0.25, 0.3) is 0 Å². The fraction of sp³-hybridized carbons (Fsp3) is 1.00. The highest BCUT2D eigenvalue weighted by Crippen LogP contribution is 2.42. The summed E-state index contributed by atoms with van der Waals surface area (Å²) in [6.07, 6.45) is 5.55. The molecule has 1 N–H and O–H groups in total. The quantitative estimate of drug-likeness (QED) is 0.779. The van der Waals surface area contributed by atoms with Crippen molar-refractivity contribution in [3.05, 3.63) is 0 Å². The van der Waals surface area contributed by atoms with Gasteiger partial charge in [0.25, 0.3) is 0 Å². The van der Waals surface area contributed by atoms with Crippen LogP contribution in [0.15, 0.2) is 0 Å². The number of hydrogen-bond acceptors (Lipinski definition) is 1. The van der Waals surface area contributed by atoms with Crippen LogP contribution in [-0.2, 0) is 0 Å². The van der Waals surface area contributed by atoms with E-state index in [4.69, 9.17) is 0 Å². The van der Waals surface area contributed by atoms with E-state index in [0.29, 0.717) is 24.8 Å². The summed E-state index contributed by atoms with van der Waals surface area (Å²) < 4.78 is 26.2. The Bertz CT molecular complexity index is 216. The molecule has 2 fully saturated rings. The molecule has 94 valence electrons. The van der Waals surface area contributed by atoms with Gasteiger partial charge in [-0.15, -0.1) is 0 Å². The lowest BCUT2D eigenvalue weighted by Crippen LogP contribution is -2.46. The lowest BCUT2D eigenvalue weighted by molar-refractivity contribution is -0.0538. The number of nitrogens with one attached hydrogen (secondary N) is 1. The zero-order chi connectivity index (χ0) is 11.6. The molecule has 1 unspecified atom stereocenters. The number of alkyl halides is 2. The average Bonchev–Trinajstić information content (AvgIpc) is 2.14. The predicted octanol–water partition coefficient (Wildman–Crippen LogP) is 3.59. The van der Waals surface area contributed by atoms with Crippen molar-refractivity contribution in [2.45, 2.75) is 63.8 Å². The second-order valence-electron chi connectivity index (χ2n) is 5.47. The molecule has 0 amide bonds. The average molecular weight is 231 g/mol. The monoisotopic (exact) mass is 231 g/mol. The summed E-state index contributed by atoms with van der Waals surface area (Å²) in [6, 6.07) is 0.509. The van der Waals surface area contributed by atoms with Crippen molar-refractivity contribution >= 4 is 0 Å². The highest BCUT2D eigenvalue weighted by Gasteiger charge is 2.40. The largest absolute Gasteiger partial charge is 0.314 e. The molecule has 1 nitrogen and oxygen atoms in total. The second-order valence-corrected chi connectivity index (χ2v) is 5.47. The molecule has 0 radical (unpaired) electrons. The molecule has 16 heavy (non-hydrogen) atoms. The summed E-state index contributed by atoms with van der Waals surface area (Å²) in [6.45, 7) is 3.08. The summed E-state index contributed by atoms with van der Waals surface area (Å²) >= 11 is 0. The Labute approximate surface area is 97.0 Å². The lowest BCUT2D eigenvalue weighted by Gasteiger charge is -2.42. The van der Waals surface area contributed by atoms with E-state index in [2.05, 4.69) is 12.2 Å². The maximum Gasteiger partial charge on any atom is 0.248 e. The van der Waals surface area contributed by atoms with Gasteiger partial charge in [0.05, 0.1) is 0 Å². The summed E-state index contributed by atoms with van der Waals surface area (Å²) in [5.74, 6) is -1.13. The molecule has 0 aromatic rings. The normalized spacial score (nSPS) is 28.7. The van der Waals surface area contributed by atoms with Crippen LogP contribution in [-0.4, -0.2) is 18.5 Å². The smallest absolute Gasteiger partial charge is 0.248 e. The third kappa shape index (κ3) is 2.73. The van der Waals surface area contributed by atoms with Gasteiger partial charge in [0, 0.05) is 18.9 Å². The van der Waals surface area contributed by atoms with E-state index < -0.39 is 5.92 Å². The van der Waals surface area contributed by atoms with Gasteiger partial charge in [0.2, 0.25) is 5.92 Å². The molecule has 0 saturated heterocycles. The number of rotatable bonds is 4. The Balaban J connectivity index is 1.88. The van der Waals surface area contributed by atoms with Crippen molar-refractivity contribution in [2.75, 3.05) is 6.54 Å². The van der Waals surface area contributed by atoms with Crippen molar-refractivity contribution in [1.29, 1.82) is 0 Å². The lowest BCUT2D eigenvalue weighted by atomic mass is 9.70. The van der Waals surface area contributed by atoms with Crippen LogP contribution >= 0.6 is 0 Å². The summed E-state index contributed by atoms with van der Waals surface area (Å²) in [4.78, 5) is 0. The van der Waals surface area contributed by atoms with Crippen LogP contribution in [0.3, 0.4) is 0 Å². The Morgan fingerprint density at radius 2 is 1.69 bits per heavy atom. The van der Waals surface area contributed by atoms with E-state index >= 15 is 0 Å². The van der Waals surface area contributed by atoms with Crippen LogP contribution in [0, 0.1) is 11.8 Å². The van der Waals surface area contributed by atoms with E-state index in [0.717, 1.165) is 12.5 Å². The fourth-order valence-electron chi connectivity index (χ4n) is 3.17. The molecule has 2 aliphatic carbocycles. The van der Waals surface area contributed by atoms with Gasteiger partial charge in [-0.1, -0.05) is 13.3 Å². The van der Waals surface area contributed by atoms with E-state index in [9.17, 15) is 8.78 Å². The zero-order valence-corrected chi connectivity index (χ0v) is 10.1. The molecule has 1 atom stereocenters. The van der Waals surface area contributed by atoms with E-state index in [-0.39, 0.29) is 12.8 Å². The minimum atomic E-state index is -2.38. The van der Waals surface area contributed by atoms with E-state index in [1.807, 2.05) is 0 Å². The topological polar surface area (TPSA) is 12.0 Å². The highest BCUT2D eigenvalue weighted by atomic mass is 19.3. The van der Waals surface area contributed by atoms with Gasteiger partial charge in [-0.05, 0) is 44.1 Å². The molecule has 0 aliphatic heterocycles. The minimum Gasteiger partial charge on any atom is -0.314 e. The molecular weight excluding hydrogens is 208 g/mol. The molecule has 3 heteroatoms. The van der Waals surface area contributed by atoms with Crippen LogP contribution in [0.5, 0.6) is 0 Å². The van der Waals surface area contributed by atoms with Gasteiger partial charge >= 0.3 is 0 Å². The van der Waals surface area contributed by atoms with Crippen molar-refractivity contribution in [3.8, 4) is 0 Å². The number of hydrogen-bond donors (Lipinski definition) is 1. The van der Waals surface area contributed by atoms with Crippen molar-refractivity contribution in [2.24, 2.45) is 11.8 Å². The summed E-state index contributed by atoms with van der Waals surface area (Å²) in [5, 5.41) is 3.54. The zero-order valence-electron chi connectivity index (χ0n) is 10.1. The van der Waals surface area contributed by atoms with E-state index in [1.165, 1.54) is 19.3 Å². The van der Waals surface area contributed by atoms with Crippen molar-refractivity contribution < 1.29 is 8.78 Å². The Hall–Kier alpha value is -0.180. The minimum absolute atomic E-state index is 0.103. The van der Waals surface area contributed by atoms with Gasteiger partial charge in [-0.3, -0.25) is 0 Å². The van der Waals surface area contributed by atoms with Crippen molar-refractivity contribution in [1.82, 2.24) is 5.32 Å². The SMILES string of the molecule is CCNC(C1CCC1)C1CCC(F)(F)CC1. The molecule has 0 aromatic heterocycles. The van der Waals surface area contributed by atoms with Crippen LogP contribution in [0.4, 0.5) is 8.78 Å². The van der Waals surface area contributed by atoms with E-state index in [1.54, 1.807) is 0 Å². The molecule has 0 spiro atoms. The first-order valence-electron chi connectivity index (χ1n) is 6.73. The Morgan fingerprint density at radius 3 is 2.12 bits per heavy atom. The molecule has 0 bridgehead atoms. The molecule has 0 aromatic carbocycles. The van der Waals surface area contributed by atoms with Gasteiger partial charge in [0.1, 0.15) is 0 Å². The Kier molecular flexibility index (Phi) is 3.83. The maximum atomic E-state index is 13.1. The molecule has 0 heterocycles. The van der Waals surface area contributed by atoms with Gasteiger partial charge in [-0.2, -0.15) is 0 Å². The summed E-state index contributed by atoms with van der Waals surface area (Å²) in [7, 11) is 0. The summed E-state index contributed by atoms with van der Waals surface area (Å²) in [5.41, 5.74) is 0. The van der Waals surface area contributed by atoms with Crippen LogP contribution in [0.2, 0.25) is 0 Å². The standard InChI is InChI=1S/C13H23F2N/c1-2-16-12(10-4-3-5-10)11-6-8-13(14,15)9-7-11/h10-12,16H,2-9H2,1H3. The van der Waals surface area contributed by atoms with Gasteiger partial charge < -0.3 is 5.32 Å². The third-order valence-electron chi connectivity index (χ3n) is 4.37. The molecule has 2 saturated carbocycles. The predicted molar refractivity (Wildman–Crippen MR) is 61.7 cm³/mol.